The number of nitrogens with one attached hydrogen (secondary N) is 2. The first-order valence-electron chi connectivity index (χ1n) is 8.70. The maximum absolute atomic E-state index is 13.1. The summed E-state index contributed by atoms with van der Waals surface area (Å²) in [6.07, 6.45) is 1.59. The first-order chi connectivity index (χ1) is 11.4. The summed E-state index contributed by atoms with van der Waals surface area (Å²) in [6.45, 7) is 4.18. The average molecular weight is 339 g/mol. The second-order valence-corrected chi connectivity index (χ2v) is 6.84. The van der Waals surface area contributed by atoms with Crippen molar-refractivity contribution >= 4 is 11.8 Å². The molecule has 2 N–H and O–H groups in total. The molecule has 0 aromatic rings. The predicted molar refractivity (Wildman–Crippen MR) is 92.6 cm³/mol. The zero-order valence-electron chi connectivity index (χ0n) is 15.3. The standard InChI is InChI=1S/C16H31N6O2/c1-17-14(23)13-6-9-21(4)10-11-22(13)16(15(24)20(2)3)12-18-7-5-8-19-16/h13,18H,5-12H2,1-4H3,(H,17,23). The molecule has 0 aromatic heterocycles. The van der Waals surface area contributed by atoms with Gasteiger partial charge in [-0.2, -0.15) is 0 Å². The van der Waals surface area contributed by atoms with Crippen LogP contribution in [0.1, 0.15) is 12.8 Å². The Kier molecular flexibility index (Phi) is 6.56. The van der Waals surface area contributed by atoms with Gasteiger partial charge in [0.25, 0.3) is 5.91 Å². The van der Waals surface area contributed by atoms with Crippen LogP contribution in [-0.4, -0.2) is 106 Å². The van der Waals surface area contributed by atoms with Gasteiger partial charge in [-0.05, 0) is 33.0 Å². The van der Waals surface area contributed by atoms with Crippen LogP contribution in [0.4, 0.5) is 0 Å². The molecule has 2 rings (SSSR count). The van der Waals surface area contributed by atoms with E-state index in [-0.39, 0.29) is 17.9 Å². The van der Waals surface area contributed by atoms with Crippen LogP contribution in [0.5, 0.6) is 0 Å². The Labute approximate surface area is 144 Å². The number of hydrogen-bond acceptors (Lipinski definition) is 5. The number of hydrogen-bond donors (Lipinski definition) is 2. The number of nitrogens with zero attached hydrogens (tertiary/aromatic N) is 4. The third-order valence-corrected chi connectivity index (χ3v) is 4.91. The number of carbonyl (C=O) groups excluding carboxylic acids is 2. The zero-order chi connectivity index (χ0) is 17.7. The Balaban J connectivity index is 2.42. The van der Waals surface area contributed by atoms with Crippen LogP contribution < -0.4 is 16.0 Å². The van der Waals surface area contributed by atoms with E-state index in [1.807, 2.05) is 11.9 Å². The van der Waals surface area contributed by atoms with Crippen LogP contribution in [0.2, 0.25) is 0 Å². The van der Waals surface area contributed by atoms with Crippen molar-refractivity contribution in [2.75, 3.05) is 67.5 Å². The molecule has 0 aliphatic carbocycles. The van der Waals surface area contributed by atoms with Crippen LogP contribution in [0, 0.1) is 0 Å². The smallest absolute Gasteiger partial charge is 0.260 e. The molecule has 24 heavy (non-hydrogen) atoms. The van der Waals surface area contributed by atoms with Gasteiger partial charge in [-0.15, -0.1) is 0 Å². The van der Waals surface area contributed by atoms with Crippen molar-refractivity contribution in [3.63, 3.8) is 0 Å². The molecule has 0 spiro atoms. The fraction of sp³-hybridized carbons (Fsp3) is 0.875. The molecule has 2 fully saturated rings. The third kappa shape index (κ3) is 3.88. The first kappa shape index (κ1) is 19.1. The maximum atomic E-state index is 13.1. The van der Waals surface area contributed by atoms with Gasteiger partial charge in [-0.1, -0.05) is 0 Å². The van der Waals surface area contributed by atoms with Crippen molar-refractivity contribution in [2.45, 2.75) is 24.5 Å². The highest BCUT2D eigenvalue weighted by atomic mass is 16.2. The quantitative estimate of drug-likeness (QED) is 0.629. The largest absolute Gasteiger partial charge is 0.358 e. The molecule has 2 heterocycles. The molecule has 8 nitrogen and oxygen atoms in total. The molecule has 0 saturated carbocycles. The minimum atomic E-state index is -1.01. The van der Waals surface area contributed by atoms with E-state index in [2.05, 4.69) is 15.5 Å². The van der Waals surface area contributed by atoms with Gasteiger partial charge in [0.1, 0.15) is 0 Å². The molecule has 2 amide bonds. The van der Waals surface area contributed by atoms with Crippen LogP contribution in [0.3, 0.4) is 0 Å². The molecule has 1 radical (unpaired) electrons. The van der Waals surface area contributed by atoms with Gasteiger partial charge in [0.2, 0.25) is 5.91 Å². The monoisotopic (exact) mass is 339 g/mol. The lowest BCUT2D eigenvalue weighted by Crippen LogP contribution is -2.71. The number of likely N-dealkylation sites (N-methyl/N-ethyl adjacent to an activating group) is 3. The van der Waals surface area contributed by atoms with Gasteiger partial charge in [0, 0.05) is 47.3 Å². The summed E-state index contributed by atoms with van der Waals surface area (Å²) in [6, 6.07) is -0.354. The molecule has 2 atom stereocenters. The molecule has 0 aromatic carbocycles. The second-order valence-electron chi connectivity index (χ2n) is 6.84. The Morgan fingerprint density at radius 2 is 2.04 bits per heavy atom. The topological polar surface area (TPSA) is 82.0 Å². The van der Waals surface area contributed by atoms with E-state index in [1.165, 1.54) is 0 Å². The summed E-state index contributed by atoms with van der Waals surface area (Å²) in [4.78, 5) is 31.5. The highest BCUT2D eigenvalue weighted by Gasteiger charge is 2.50. The summed E-state index contributed by atoms with van der Waals surface area (Å²) in [5, 5.41) is 10.9. The first-order valence-corrected chi connectivity index (χ1v) is 8.70. The normalized spacial score (nSPS) is 30.2. The van der Waals surface area contributed by atoms with Crippen molar-refractivity contribution in [2.24, 2.45) is 0 Å². The molecule has 2 saturated heterocycles. The lowest BCUT2D eigenvalue weighted by molar-refractivity contribution is -0.149. The van der Waals surface area contributed by atoms with E-state index >= 15 is 0 Å². The van der Waals surface area contributed by atoms with Gasteiger partial charge < -0.3 is 20.4 Å². The Hall–Kier alpha value is -1.22. The van der Waals surface area contributed by atoms with E-state index in [0.717, 1.165) is 26.1 Å². The summed E-state index contributed by atoms with van der Waals surface area (Å²) in [7, 11) is 7.21. The lowest BCUT2D eigenvalue weighted by atomic mass is 10.0. The predicted octanol–water partition coefficient (Wildman–Crippen LogP) is -1.88. The molecular weight excluding hydrogens is 308 g/mol. The van der Waals surface area contributed by atoms with Gasteiger partial charge in [0.15, 0.2) is 5.66 Å². The Morgan fingerprint density at radius 1 is 1.29 bits per heavy atom. The summed E-state index contributed by atoms with van der Waals surface area (Å²) >= 11 is 0. The van der Waals surface area contributed by atoms with Crippen molar-refractivity contribution in [1.29, 1.82) is 0 Å². The van der Waals surface area contributed by atoms with Crippen molar-refractivity contribution in [3.8, 4) is 0 Å². The molecule has 0 bridgehead atoms. The fourth-order valence-electron chi connectivity index (χ4n) is 3.53. The second kappa shape index (κ2) is 8.24. The molecule has 137 valence electrons. The minimum absolute atomic E-state index is 0.0457. The Bertz CT molecular complexity index is 448. The van der Waals surface area contributed by atoms with Crippen molar-refractivity contribution < 1.29 is 9.59 Å². The molecule has 2 aliphatic heterocycles. The van der Waals surface area contributed by atoms with E-state index < -0.39 is 5.66 Å². The van der Waals surface area contributed by atoms with E-state index in [1.54, 1.807) is 26.0 Å². The number of rotatable bonds is 3. The maximum Gasteiger partial charge on any atom is 0.260 e. The van der Waals surface area contributed by atoms with E-state index in [9.17, 15) is 9.59 Å². The van der Waals surface area contributed by atoms with Crippen LogP contribution in [0.15, 0.2) is 0 Å². The minimum Gasteiger partial charge on any atom is -0.358 e. The molecule has 8 heteroatoms. The summed E-state index contributed by atoms with van der Waals surface area (Å²) in [5.41, 5.74) is -1.01. The number of carbonyl (C=O) groups is 2. The summed E-state index contributed by atoms with van der Waals surface area (Å²) in [5.74, 6) is -0.106. The SMILES string of the molecule is CNC(=O)C1CCN(C)CCN1C1(C(=O)N(C)C)CNCCC[N]1. The molecule has 2 aliphatic rings. The highest BCUT2D eigenvalue weighted by molar-refractivity contribution is 5.88. The van der Waals surface area contributed by atoms with Gasteiger partial charge in [-0.25, -0.2) is 5.32 Å². The van der Waals surface area contributed by atoms with Crippen LogP contribution in [-0.2, 0) is 9.59 Å². The van der Waals surface area contributed by atoms with E-state index in [0.29, 0.717) is 26.1 Å². The van der Waals surface area contributed by atoms with Gasteiger partial charge >= 0.3 is 0 Å². The van der Waals surface area contributed by atoms with Crippen molar-refractivity contribution in [3.05, 3.63) is 0 Å². The lowest BCUT2D eigenvalue weighted by Gasteiger charge is -2.45. The summed E-state index contributed by atoms with van der Waals surface area (Å²) < 4.78 is 0. The van der Waals surface area contributed by atoms with Crippen LogP contribution >= 0.6 is 0 Å². The third-order valence-electron chi connectivity index (χ3n) is 4.91. The number of amides is 2. The zero-order valence-corrected chi connectivity index (χ0v) is 15.3. The molecule has 2 unspecified atom stereocenters. The van der Waals surface area contributed by atoms with E-state index in [4.69, 9.17) is 5.32 Å². The Morgan fingerprint density at radius 3 is 2.71 bits per heavy atom. The van der Waals surface area contributed by atoms with Crippen LogP contribution in [0.25, 0.3) is 0 Å². The van der Waals surface area contributed by atoms with Gasteiger partial charge in [-0.3, -0.25) is 14.5 Å². The average Bonchev–Trinajstić information content (AvgIpc) is 2.92. The van der Waals surface area contributed by atoms with Crippen molar-refractivity contribution in [1.82, 2.24) is 30.7 Å². The fourth-order valence-corrected chi connectivity index (χ4v) is 3.53. The molecular formula is C16H31N6O2. The highest BCUT2D eigenvalue weighted by Crippen LogP contribution is 2.24. The van der Waals surface area contributed by atoms with Gasteiger partial charge in [0.05, 0.1) is 6.04 Å².